The van der Waals surface area contributed by atoms with E-state index in [0.29, 0.717) is 26.2 Å². The topological polar surface area (TPSA) is 70.6 Å². The number of amides is 1. The van der Waals surface area contributed by atoms with Gasteiger partial charge >= 0.3 is 0 Å². The Bertz CT molecular complexity index is 1030. The Balaban J connectivity index is 1.39. The number of benzene rings is 1. The molecule has 0 spiro atoms. The van der Waals surface area contributed by atoms with Crippen LogP contribution in [0.5, 0.6) is 0 Å². The van der Waals surface area contributed by atoms with Gasteiger partial charge in [-0.25, -0.2) is 9.97 Å². The molecule has 3 heterocycles. The van der Waals surface area contributed by atoms with Gasteiger partial charge in [-0.1, -0.05) is 42.5 Å². The molecule has 0 saturated carbocycles. The molecular weight excluding hydrogens is 414 g/mol. The van der Waals surface area contributed by atoms with Crippen LogP contribution in [-0.4, -0.2) is 58.0 Å². The summed E-state index contributed by atoms with van der Waals surface area (Å²) in [4.78, 5) is 26.3. The monoisotopic (exact) mass is 445 g/mol. The predicted octanol–water partition coefficient (Wildman–Crippen LogP) is 4.03. The first kappa shape index (κ1) is 22.9. The van der Waals surface area contributed by atoms with Crippen LogP contribution in [0.3, 0.4) is 0 Å². The van der Waals surface area contributed by atoms with Crippen molar-refractivity contribution in [1.29, 1.82) is 0 Å². The van der Waals surface area contributed by atoms with Crippen LogP contribution in [0.15, 0.2) is 72.9 Å². The fraction of sp³-hybridized carbons (Fsp3) is 0.346. The van der Waals surface area contributed by atoms with Gasteiger partial charge in [0.2, 0.25) is 5.91 Å². The van der Waals surface area contributed by atoms with Crippen molar-refractivity contribution in [2.45, 2.75) is 32.5 Å². The van der Waals surface area contributed by atoms with E-state index < -0.39 is 0 Å². The van der Waals surface area contributed by atoms with Crippen LogP contribution < -0.4 is 5.32 Å². The van der Waals surface area contributed by atoms with Crippen molar-refractivity contribution in [3.63, 3.8) is 0 Å². The maximum atomic E-state index is 13.2. The molecule has 1 aliphatic heterocycles. The van der Waals surface area contributed by atoms with Gasteiger partial charge in [0.15, 0.2) is 0 Å². The minimum absolute atomic E-state index is 0.130. The molecule has 1 aliphatic rings. The average molecular weight is 446 g/mol. The van der Waals surface area contributed by atoms with Crippen LogP contribution in [0.1, 0.15) is 31.2 Å². The number of carbonyl (C=O) groups is 1. The molecule has 1 fully saturated rings. The maximum Gasteiger partial charge on any atom is 0.237 e. The standard InChI is InChI=1S/C26H31N5O2/c1-20(2)31(17-21-9-4-3-5-10-21)26(32)19-30-15-16-33-23(18-30)22-11-8-13-25(28-22)29-24-12-6-7-14-27-24/h3-14,20,23H,15-19H2,1-2H3,(H,27,28,29). The molecule has 172 valence electrons. The first-order chi connectivity index (χ1) is 16.1. The van der Waals surface area contributed by atoms with E-state index in [4.69, 9.17) is 9.72 Å². The third-order valence-corrected chi connectivity index (χ3v) is 5.67. The normalized spacial score (nSPS) is 16.5. The van der Waals surface area contributed by atoms with Gasteiger partial charge < -0.3 is 15.0 Å². The van der Waals surface area contributed by atoms with Crippen molar-refractivity contribution in [2.24, 2.45) is 0 Å². The number of ether oxygens (including phenoxy) is 1. The molecule has 7 nitrogen and oxygen atoms in total. The first-order valence-corrected chi connectivity index (χ1v) is 11.4. The van der Waals surface area contributed by atoms with Crippen LogP contribution in [0.25, 0.3) is 0 Å². The molecule has 4 rings (SSSR count). The largest absolute Gasteiger partial charge is 0.369 e. The molecule has 0 aliphatic carbocycles. The van der Waals surface area contributed by atoms with E-state index >= 15 is 0 Å². The van der Waals surface area contributed by atoms with Gasteiger partial charge in [0.1, 0.15) is 17.7 Å². The van der Waals surface area contributed by atoms with Crippen LogP contribution in [0, 0.1) is 0 Å². The van der Waals surface area contributed by atoms with E-state index in [1.54, 1.807) is 6.20 Å². The van der Waals surface area contributed by atoms with Crippen LogP contribution in [-0.2, 0) is 16.1 Å². The Morgan fingerprint density at radius 1 is 1.09 bits per heavy atom. The van der Waals surface area contributed by atoms with Crippen molar-refractivity contribution < 1.29 is 9.53 Å². The van der Waals surface area contributed by atoms with Crippen LogP contribution in [0.4, 0.5) is 11.6 Å². The summed E-state index contributed by atoms with van der Waals surface area (Å²) in [6.45, 7) is 7.04. The third-order valence-electron chi connectivity index (χ3n) is 5.67. The Labute approximate surface area is 195 Å². The SMILES string of the molecule is CC(C)N(Cc1ccccc1)C(=O)CN1CCOC(c2cccc(Nc3ccccn3)n2)C1. The lowest BCUT2D eigenvalue weighted by molar-refractivity contribution is -0.136. The van der Waals surface area contributed by atoms with Gasteiger partial charge in [-0.2, -0.15) is 0 Å². The molecule has 1 N–H and O–H groups in total. The van der Waals surface area contributed by atoms with Gasteiger partial charge in [0, 0.05) is 31.9 Å². The molecular formula is C26H31N5O2. The summed E-state index contributed by atoms with van der Waals surface area (Å²) in [5.41, 5.74) is 1.99. The Hall–Kier alpha value is -3.29. The Kier molecular flexibility index (Phi) is 7.65. The number of hydrogen-bond donors (Lipinski definition) is 1. The molecule has 1 aromatic carbocycles. The van der Waals surface area contributed by atoms with Crippen molar-refractivity contribution in [2.75, 3.05) is 31.6 Å². The average Bonchev–Trinajstić information content (AvgIpc) is 2.84. The summed E-state index contributed by atoms with van der Waals surface area (Å²) < 4.78 is 6.01. The number of aromatic nitrogens is 2. The maximum absolute atomic E-state index is 13.2. The summed E-state index contributed by atoms with van der Waals surface area (Å²) in [7, 11) is 0. The molecule has 0 radical (unpaired) electrons. The summed E-state index contributed by atoms with van der Waals surface area (Å²) in [6, 6.07) is 21.8. The lowest BCUT2D eigenvalue weighted by Gasteiger charge is -2.35. The summed E-state index contributed by atoms with van der Waals surface area (Å²) in [5.74, 6) is 1.59. The number of rotatable bonds is 8. The molecule has 0 bridgehead atoms. The first-order valence-electron chi connectivity index (χ1n) is 11.4. The molecule has 1 saturated heterocycles. The second kappa shape index (κ2) is 11.0. The number of carbonyl (C=O) groups excluding carboxylic acids is 1. The summed E-state index contributed by atoms with van der Waals surface area (Å²) in [5, 5.41) is 3.23. The molecule has 1 atom stereocenters. The minimum atomic E-state index is -0.182. The lowest BCUT2D eigenvalue weighted by Crippen LogP contribution is -2.47. The van der Waals surface area contributed by atoms with Gasteiger partial charge in [-0.15, -0.1) is 0 Å². The fourth-order valence-electron chi connectivity index (χ4n) is 3.91. The quantitative estimate of drug-likeness (QED) is 0.565. The lowest BCUT2D eigenvalue weighted by atomic mass is 10.1. The highest BCUT2D eigenvalue weighted by Crippen LogP contribution is 2.23. The predicted molar refractivity (Wildman–Crippen MR) is 129 cm³/mol. The molecule has 1 unspecified atom stereocenters. The van der Waals surface area contributed by atoms with E-state index in [2.05, 4.69) is 41.2 Å². The number of pyridine rings is 2. The van der Waals surface area contributed by atoms with E-state index in [0.717, 1.165) is 29.4 Å². The zero-order chi connectivity index (χ0) is 23.0. The van der Waals surface area contributed by atoms with Crippen molar-refractivity contribution in [3.8, 4) is 0 Å². The van der Waals surface area contributed by atoms with Gasteiger partial charge in [-0.3, -0.25) is 9.69 Å². The highest BCUT2D eigenvalue weighted by atomic mass is 16.5. The van der Waals surface area contributed by atoms with Gasteiger partial charge in [0.05, 0.1) is 18.8 Å². The molecule has 3 aromatic rings. The minimum Gasteiger partial charge on any atom is -0.369 e. The second-order valence-electron chi connectivity index (χ2n) is 8.48. The number of hydrogen-bond acceptors (Lipinski definition) is 6. The highest BCUT2D eigenvalue weighted by molar-refractivity contribution is 5.78. The summed E-state index contributed by atoms with van der Waals surface area (Å²) in [6.07, 6.45) is 1.56. The third kappa shape index (κ3) is 6.37. The van der Waals surface area contributed by atoms with E-state index in [1.807, 2.05) is 59.5 Å². The van der Waals surface area contributed by atoms with Crippen molar-refractivity contribution in [1.82, 2.24) is 19.8 Å². The second-order valence-corrected chi connectivity index (χ2v) is 8.48. The molecule has 7 heteroatoms. The van der Waals surface area contributed by atoms with Crippen molar-refractivity contribution >= 4 is 17.5 Å². The summed E-state index contributed by atoms with van der Waals surface area (Å²) >= 11 is 0. The zero-order valence-corrected chi connectivity index (χ0v) is 19.2. The number of anilines is 2. The number of morpholine rings is 1. The zero-order valence-electron chi connectivity index (χ0n) is 19.2. The van der Waals surface area contributed by atoms with E-state index in [-0.39, 0.29) is 18.1 Å². The Morgan fingerprint density at radius 2 is 1.88 bits per heavy atom. The van der Waals surface area contributed by atoms with Gasteiger partial charge in [0.25, 0.3) is 0 Å². The number of nitrogens with one attached hydrogen (secondary N) is 1. The number of nitrogens with zero attached hydrogens (tertiary/aromatic N) is 4. The molecule has 33 heavy (non-hydrogen) atoms. The highest BCUT2D eigenvalue weighted by Gasteiger charge is 2.27. The van der Waals surface area contributed by atoms with Crippen LogP contribution in [0.2, 0.25) is 0 Å². The van der Waals surface area contributed by atoms with E-state index in [1.165, 1.54) is 0 Å². The van der Waals surface area contributed by atoms with E-state index in [9.17, 15) is 4.79 Å². The Morgan fingerprint density at radius 3 is 2.64 bits per heavy atom. The fourth-order valence-corrected chi connectivity index (χ4v) is 3.91. The molecule has 1 amide bonds. The molecule has 2 aromatic heterocycles. The van der Waals surface area contributed by atoms with Crippen LogP contribution >= 0.6 is 0 Å². The van der Waals surface area contributed by atoms with Gasteiger partial charge in [-0.05, 0) is 43.7 Å². The van der Waals surface area contributed by atoms with Crippen molar-refractivity contribution in [3.05, 3.63) is 84.2 Å². The smallest absolute Gasteiger partial charge is 0.237 e.